The van der Waals surface area contributed by atoms with Crippen molar-refractivity contribution in [3.8, 4) is 11.4 Å². The smallest absolute Gasteiger partial charge is 0.249 e. The highest BCUT2D eigenvalue weighted by Crippen LogP contribution is 2.15. The van der Waals surface area contributed by atoms with Crippen LogP contribution in [0.15, 0.2) is 53.7 Å². The zero-order chi connectivity index (χ0) is 18.6. The van der Waals surface area contributed by atoms with Gasteiger partial charge in [-0.1, -0.05) is 12.1 Å². The van der Waals surface area contributed by atoms with Gasteiger partial charge >= 0.3 is 0 Å². The summed E-state index contributed by atoms with van der Waals surface area (Å²) in [5, 5.41) is 14.4. The Bertz CT molecular complexity index is 1000. The molecule has 0 aliphatic heterocycles. The van der Waals surface area contributed by atoms with Crippen molar-refractivity contribution in [3.63, 3.8) is 0 Å². The number of nitrogens with two attached hydrogens (primary N) is 1. The number of carbonyl (C=O) groups is 1. The molecule has 2 aromatic heterocycles. The lowest BCUT2D eigenvalue weighted by Gasteiger charge is -2.03. The lowest BCUT2D eigenvalue weighted by molar-refractivity contribution is -0.116. The van der Waals surface area contributed by atoms with E-state index < -0.39 is 10.0 Å². The SMILES string of the molecule is NS(=O)(=O)c1ccc(CCC(=O)Nc2n[nH]c(-c3ccncc3)n2)cc1. The quantitative estimate of drug-likeness (QED) is 0.591. The van der Waals surface area contributed by atoms with Crippen LogP contribution >= 0.6 is 0 Å². The summed E-state index contributed by atoms with van der Waals surface area (Å²) in [5.74, 6) is 0.466. The van der Waals surface area contributed by atoms with Crippen molar-refractivity contribution >= 4 is 21.9 Å². The van der Waals surface area contributed by atoms with Gasteiger partial charge in [-0.05, 0) is 36.2 Å². The Morgan fingerprint density at radius 2 is 1.81 bits per heavy atom. The van der Waals surface area contributed by atoms with Crippen molar-refractivity contribution in [1.29, 1.82) is 0 Å². The molecule has 4 N–H and O–H groups in total. The summed E-state index contributed by atoms with van der Waals surface area (Å²) in [6.45, 7) is 0. The maximum Gasteiger partial charge on any atom is 0.249 e. The van der Waals surface area contributed by atoms with Gasteiger partial charge in [0.1, 0.15) is 0 Å². The molecule has 3 rings (SSSR count). The van der Waals surface area contributed by atoms with Crippen LogP contribution in [0.25, 0.3) is 11.4 Å². The maximum absolute atomic E-state index is 12.0. The number of nitrogens with zero attached hydrogens (tertiary/aromatic N) is 3. The van der Waals surface area contributed by atoms with Crippen LogP contribution in [0.4, 0.5) is 5.95 Å². The molecule has 0 aliphatic rings. The highest BCUT2D eigenvalue weighted by Gasteiger charge is 2.10. The number of pyridine rings is 1. The molecule has 0 saturated heterocycles. The molecular weight excluding hydrogens is 356 g/mol. The number of anilines is 1. The minimum Gasteiger partial charge on any atom is -0.293 e. The van der Waals surface area contributed by atoms with Crippen molar-refractivity contribution in [1.82, 2.24) is 20.2 Å². The number of H-pyrrole nitrogens is 1. The summed E-state index contributed by atoms with van der Waals surface area (Å²) >= 11 is 0. The van der Waals surface area contributed by atoms with Crippen LogP contribution < -0.4 is 10.5 Å². The normalized spacial score (nSPS) is 11.3. The average molecular weight is 372 g/mol. The first-order chi connectivity index (χ1) is 12.4. The number of benzene rings is 1. The van der Waals surface area contributed by atoms with Crippen molar-refractivity contribution < 1.29 is 13.2 Å². The molecule has 1 amide bonds. The summed E-state index contributed by atoms with van der Waals surface area (Å²) in [5.41, 5.74) is 1.63. The third-order valence-corrected chi connectivity index (χ3v) is 4.51. The van der Waals surface area contributed by atoms with E-state index in [0.29, 0.717) is 12.2 Å². The molecule has 10 heteroatoms. The van der Waals surface area contributed by atoms with Gasteiger partial charge in [0.25, 0.3) is 0 Å². The van der Waals surface area contributed by atoms with Crippen LogP contribution in [0.1, 0.15) is 12.0 Å². The molecule has 0 fully saturated rings. The van der Waals surface area contributed by atoms with E-state index in [1.807, 2.05) is 0 Å². The van der Waals surface area contributed by atoms with E-state index in [1.165, 1.54) is 12.1 Å². The summed E-state index contributed by atoms with van der Waals surface area (Å²) in [7, 11) is -3.72. The van der Waals surface area contributed by atoms with Gasteiger partial charge in [0.15, 0.2) is 5.82 Å². The lowest BCUT2D eigenvalue weighted by Crippen LogP contribution is -2.14. The van der Waals surface area contributed by atoms with Crippen LogP contribution in [0.3, 0.4) is 0 Å². The number of hydrogen-bond acceptors (Lipinski definition) is 6. The lowest BCUT2D eigenvalue weighted by atomic mass is 10.1. The Morgan fingerprint density at radius 1 is 1.12 bits per heavy atom. The maximum atomic E-state index is 12.0. The molecule has 3 aromatic rings. The van der Waals surface area contributed by atoms with Gasteiger partial charge in [-0.25, -0.2) is 13.6 Å². The fourth-order valence-electron chi connectivity index (χ4n) is 2.25. The first-order valence-electron chi connectivity index (χ1n) is 7.66. The molecule has 2 heterocycles. The van der Waals surface area contributed by atoms with E-state index in [9.17, 15) is 13.2 Å². The largest absolute Gasteiger partial charge is 0.293 e. The third kappa shape index (κ3) is 4.49. The van der Waals surface area contributed by atoms with Crippen LogP contribution in [-0.2, 0) is 21.2 Å². The predicted molar refractivity (Wildman–Crippen MR) is 94.4 cm³/mol. The molecule has 0 radical (unpaired) electrons. The molecule has 9 nitrogen and oxygen atoms in total. The monoisotopic (exact) mass is 372 g/mol. The Morgan fingerprint density at radius 3 is 2.46 bits per heavy atom. The minimum atomic E-state index is -3.72. The van der Waals surface area contributed by atoms with Crippen molar-refractivity contribution in [2.75, 3.05) is 5.32 Å². The van der Waals surface area contributed by atoms with E-state index >= 15 is 0 Å². The van der Waals surface area contributed by atoms with Gasteiger partial charge in [-0.3, -0.25) is 20.2 Å². The van der Waals surface area contributed by atoms with Gasteiger partial charge in [-0.2, -0.15) is 4.98 Å². The van der Waals surface area contributed by atoms with Crippen LogP contribution in [-0.4, -0.2) is 34.5 Å². The second-order valence-corrected chi connectivity index (χ2v) is 7.04. The van der Waals surface area contributed by atoms with E-state index in [-0.39, 0.29) is 23.2 Å². The molecule has 0 unspecified atom stereocenters. The molecule has 0 saturated carbocycles. The molecule has 0 spiro atoms. The molecule has 134 valence electrons. The third-order valence-electron chi connectivity index (χ3n) is 3.58. The standard InChI is InChI=1S/C16H16N6O3S/c17-26(24,25)13-4-1-11(2-5-13)3-6-14(23)19-16-20-15(21-22-16)12-7-9-18-10-8-12/h1-2,4-5,7-10H,3,6H2,(H2,17,24,25)(H2,19,20,21,22,23). The second-order valence-electron chi connectivity index (χ2n) is 5.48. The minimum absolute atomic E-state index is 0.0371. The topological polar surface area (TPSA) is 144 Å². The summed E-state index contributed by atoms with van der Waals surface area (Å²) < 4.78 is 22.4. The number of hydrogen-bond donors (Lipinski definition) is 3. The number of aryl methyl sites for hydroxylation is 1. The van der Waals surface area contributed by atoms with E-state index in [4.69, 9.17) is 5.14 Å². The van der Waals surface area contributed by atoms with Gasteiger partial charge in [-0.15, -0.1) is 5.10 Å². The van der Waals surface area contributed by atoms with Gasteiger partial charge in [0.2, 0.25) is 21.9 Å². The summed E-state index contributed by atoms with van der Waals surface area (Å²) in [4.78, 5) is 20.2. The Balaban J connectivity index is 1.55. The number of nitrogens with one attached hydrogen (secondary N) is 2. The fraction of sp³-hybridized carbons (Fsp3) is 0.125. The first-order valence-corrected chi connectivity index (χ1v) is 9.21. The van der Waals surface area contributed by atoms with Gasteiger partial charge in [0.05, 0.1) is 4.90 Å². The Kier molecular flexibility index (Phi) is 5.05. The molecule has 1 aromatic carbocycles. The zero-order valence-electron chi connectivity index (χ0n) is 13.6. The van der Waals surface area contributed by atoms with Crippen molar-refractivity contribution in [2.45, 2.75) is 17.7 Å². The summed E-state index contributed by atoms with van der Waals surface area (Å²) in [6, 6.07) is 9.63. The highest BCUT2D eigenvalue weighted by atomic mass is 32.2. The van der Waals surface area contributed by atoms with Crippen molar-refractivity contribution in [2.24, 2.45) is 5.14 Å². The number of carbonyl (C=O) groups excluding carboxylic acids is 1. The summed E-state index contributed by atoms with van der Waals surface area (Å²) in [6.07, 6.45) is 3.92. The number of amides is 1. The number of aromatic amines is 1. The molecule has 26 heavy (non-hydrogen) atoms. The number of rotatable bonds is 6. The average Bonchev–Trinajstić information content (AvgIpc) is 3.09. The number of primary sulfonamides is 1. The van der Waals surface area contributed by atoms with Gasteiger partial charge in [0, 0.05) is 24.4 Å². The van der Waals surface area contributed by atoms with Crippen LogP contribution in [0.2, 0.25) is 0 Å². The first kappa shape index (κ1) is 17.7. The van der Waals surface area contributed by atoms with Crippen molar-refractivity contribution in [3.05, 3.63) is 54.4 Å². The fourth-order valence-corrected chi connectivity index (χ4v) is 2.76. The van der Waals surface area contributed by atoms with E-state index in [2.05, 4.69) is 25.5 Å². The van der Waals surface area contributed by atoms with E-state index in [0.717, 1.165) is 11.1 Å². The molecule has 0 atom stereocenters. The van der Waals surface area contributed by atoms with E-state index in [1.54, 1.807) is 36.7 Å². The zero-order valence-corrected chi connectivity index (χ0v) is 14.4. The Hall–Kier alpha value is -3.11. The predicted octanol–water partition coefficient (Wildman–Crippen LogP) is 1.09. The highest BCUT2D eigenvalue weighted by molar-refractivity contribution is 7.89. The molecular formula is C16H16N6O3S. The number of aromatic nitrogens is 4. The molecule has 0 aliphatic carbocycles. The molecule has 0 bridgehead atoms. The Labute approximate surface area is 149 Å². The number of sulfonamides is 1. The van der Waals surface area contributed by atoms with Gasteiger partial charge < -0.3 is 0 Å². The van der Waals surface area contributed by atoms with Crippen LogP contribution in [0.5, 0.6) is 0 Å². The second kappa shape index (κ2) is 7.42. The van der Waals surface area contributed by atoms with Crippen LogP contribution in [0, 0.1) is 0 Å².